The van der Waals surface area contributed by atoms with Gasteiger partial charge < -0.3 is 4.52 Å². The van der Waals surface area contributed by atoms with E-state index in [1.165, 1.54) is 6.07 Å². The van der Waals surface area contributed by atoms with Crippen LogP contribution in [0.5, 0.6) is 0 Å². The van der Waals surface area contributed by atoms with E-state index in [0.29, 0.717) is 16.4 Å². The number of halogens is 1. The van der Waals surface area contributed by atoms with Gasteiger partial charge in [0.05, 0.1) is 5.56 Å². The second-order valence-corrected chi connectivity index (χ2v) is 9.24. The summed E-state index contributed by atoms with van der Waals surface area (Å²) in [5.74, 6) is 0.662. The van der Waals surface area contributed by atoms with E-state index in [0.717, 1.165) is 22.5 Å². The van der Waals surface area contributed by atoms with Gasteiger partial charge in [0.15, 0.2) is 0 Å². The van der Waals surface area contributed by atoms with Crippen molar-refractivity contribution in [1.29, 1.82) is 0 Å². The molecule has 0 unspecified atom stereocenters. The Labute approximate surface area is 170 Å². The molecule has 0 bridgehead atoms. The first-order valence-electron chi connectivity index (χ1n) is 8.23. The summed E-state index contributed by atoms with van der Waals surface area (Å²) in [5.41, 5.74) is 2.19. The number of thiophene rings is 1. The molecule has 0 aliphatic rings. The zero-order valence-electron chi connectivity index (χ0n) is 14.4. The second-order valence-electron chi connectivity index (χ2n) is 5.89. The van der Waals surface area contributed by atoms with Gasteiger partial charge in [0, 0.05) is 22.5 Å². The molecule has 9 heteroatoms. The van der Waals surface area contributed by atoms with Gasteiger partial charge in [-0.2, -0.15) is 4.98 Å². The maximum Gasteiger partial charge on any atom is 0.259 e. The normalized spacial score (nSPS) is 11.6. The Morgan fingerprint density at radius 1 is 1.04 bits per heavy atom. The number of hydrogen-bond donors (Lipinski definition) is 1. The van der Waals surface area contributed by atoms with Crippen molar-refractivity contribution >= 4 is 33.0 Å². The van der Waals surface area contributed by atoms with Crippen LogP contribution < -0.4 is 4.72 Å². The first-order valence-corrected chi connectivity index (χ1v) is 11.0. The minimum Gasteiger partial charge on any atom is -0.334 e. The molecule has 0 fully saturated rings. The molecule has 0 saturated carbocycles. The summed E-state index contributed by atoms with van der Waals surface area (Å²) in [5, 5.41) is 6.24. The van der Waals surface area contributed by atoms with E-state index >= 15 is 0 Å². The molecule has 28 heavy (non-hydrogen) atoms. The molecule has 4 rings (SSSR count). The lowest BCUT2D eigenvalue weighted by molar-refractivity contribution is 0.432. The van der Waals surface area contributed by atoms with Crippen molar-refractivity contribution in [2.45, 2.75) is 10.8 Å². The summed E-state index contributed by atoms with van der Waals surface area (Å²) in [6, 6.07) is 17.9. The standard InChI is InChI=1S/C19H14ClN3O3S2/c20-16-8-6-14(7-9-16)18-22-19(26-23-18)15-10-17(27-12-15)28(24,25)21-11-13-4-2-1-3-5-13/h1-10,12,21H,11H2. The monoisotopic (exact) mass is 431 g/mol. The van der Waals surface area contributed by atoms with Crippen molar-refractivity contribution < 1.29 is 12.9 Å². The number of aromatic nitrogens is 2. The predicted octanol–water partition coefficient (Wildman–Crippen LogP) is 4.60. The van der Waals surface area contributed by atoms with E-state index in [4.69, 9.17) is 16.1 Å². The molecule has 1 N–H and O–H groups in total. The average molecular weight is 432 g/mol. The molecule has 6 nitrogen and oxygen atoms in total. The van der Waals surface area contributed by atoms with Gasteiger partial charge in [0.25, 0.3) is 5.89 Å². The third kappa shape index (κ3) is 4.15. The molecular weight excluding hydrogens is 418 g/mol. The highest BCUT2D eigenvalue weighted by Gasteiger charge is 2.19. The smallest absolute Gasteiger partial charge is 0.259 e. The van der Waals surface area contributed by atoms with Crippen LogP contribution in [0.25, 0.3) is 22.8 Å². The molecule has 2 aromatic carbocycles. The molecule has 2 aromatic heterocycles. The quantitative estimate of drug-likeness (QED) is 0.482. The van der Waals surface area contributed by atoms with Crippen LogP contribution in [0.15, 0.2) is 74.8 Å². The molecule has 0 amide bonds. The van der Waals surface area contributed by atoms with E-state index in [1.807, 2.05) is 30.3 Å². The van der Waals surface area contributed by atoms with Crippen LogP contribution in [0.3, 0.4) is 0 Å². The topological polar surface area (TPSA) is 85.1 Å². The zero-order valence-corrected chi connectivity index (χ0v) is 16.8. The molecule has 142 valence electrons. The third-order valence-corrected chi connectivity index (χ3v) is 7.02. The van der Waals surface area contributed by atoms with Gasteiger partial charge >= 0.3 is 0 Å². The van der Waals surface area contributed by atoms with E-state index in [2.05, 4.69) is 14.9 Å². The molecule has 0 atom stereocenters. The van der Waals surface area contributed by atoms with Gasteiger partial charge in [-0.25, -0.2) is 13.1 Å². The number of nitrogens with zero attached hydrogens (tertiary/aromatic N) is 2. The molecule has 0 aliphatic carbocycles. The van der Waals surface area contributed by atoms with Gasteiger partial charge in [-0.1, -0.05) is 47.1 Å². The molecule has 2 heterocycles. The van der Waals surface area contributed by atoms with Crippen molar-refractivity contribution in [1.82, 2.24) is 14.9 Å². The maximum absolute atomic E-state index is 12.5. The number of hydrogen-bond acceptors (Lipinski definition) is 6. The largest absolute Gasteiger partial charge is 0.334 e. The predicted molar refractivity (Wildman–Crippen MR) is 109 cm³/mol. The van der Waals surface area contributed by atoms with Crippen molar-refractivity contribution in [2.24, 2.45) is 0 Å². The number of benzene rings is 2. The fourth-order valence-electron chi connectivity index (χ4n) is 2.47. The summed E-state index contributed by atoms with van der Waals surface area (Å²) in [4.78, 5) is 4.34. The fraction of sp³-hybridized carbons (Fsp3) is 0.0526. The van der Waals surface area contributed by atoms with Crippen LogP contribution in [0.1, 0.15) is 5.56 Å². The van der Waals surface area contributed by atoms with Crippen LogP contribution >= 0.6 is 22.9 Å². The van der Waals surface area contributed by atoms with E-state index in [9.17, 15) is 8.42 Å². The molecular formula is C19H14ClN3O3S2. The highest BCUT2D eigenvalue weighted by molar-refractivity contribution is 7.91. The van der Waals surface area contributed by atoms with Crippen LogP contribution in [0.2, 0.25) is 5.02 Å². The zero-order chi connectivity index (χ0) is 19.6. The Morgan fingerprint density at radius 2 is 1.79 bits per heavy atom. The summed E-state index contributed by atoms with van der Waals surface area (Å²) in [6.45, 7) is 0.220. The lowest BCUT2D eigenvalue weighted by Crippen LogP contribution is -2.22. The summed E-state index contributed by atoms with van der Waals surface area (Å²) >= 11 is 6.98. The molecule has 4 aromatic rings. The Kier molecular flexibility index (Phi) is 5.27. The molecule has 0 spiro atoms. The molecule has 0 saturated heterocycles. The van der Waals surface area contributed by atoms with Crippen LogP contribution in [-0.2, 0) is 16.6 Å². The Bertz CT molecular complexity index is 1190. The SMILES string of the molecule is O=S(=O)(NCc1ccccc1)c1cc(-c2nc(-c3ccc(Cl)cc3)no2)cs1. The van der Waals surface area contributed by atoms with Gasteiger partial charge in [-0.3, -0.25) is 0 Å². The minimum absolute atomic E-state index is 0.185. The lowest BCUT2D eigenvalue weighted by atomic mass is 10.2. The van der Waals surface area contributed by atoms with Gasteiger partial charge in [-0.05, 0) is 35.9 Å². The molecule has 0 radical (unpaired) electrons. The number of sulfonamides is 1. The highest BCUT2D eigenvalue weighted by Crippen LogP contribution is 2.29. The number of nitrogens with one attached hydrogen (secondary N) is 1. The maximum atomic E-state index is 12.5. The Hall–Kier alpha value is -2.52. The Balaban J connectivity index is 1.52. The average Bonchev–Trinajstić information content (AvgIpc) is 3.38. The first kappa shape index (κ1) is 18.8. The van der Waals surface area contributed by atoms with Gasteiger partial charge in [0.1, 0.15) is 4.21 Å². The first-order chi connectivity index (χ1) is 13.5. The van der Waals surface area contributed by atoms with Crippen LogP contribution in [-0.4, -0.2) is 18.6 Å². The minimum atomic E-state index is -3.63. The lowest BCUT2D eigenvalue weighted by Gasteiger charge is -2.04. The fourth-order valence-corrected chi connectivity index (χ4v) is 4.81. The van der Waals surface area contributed by atoms with E-state index in [-0.39, 0.29) is 16.6 Å². The van der Waals surface area contributed by atoms with E-state index < -0.39 is 10.0 Å². The van der Waals surface area contributed by atoms with Gasteiger partial charge in [-0.15, -0.1) is 11.3 Å². The van der Waals surface area contributed by atoms with Gasteiger partial charge in [0.2, 0.25) is 15.8 Å². The number of rotatable bonds is 6. The Morgan fingerprint density at radius 3 is 2.54 bits per heavy atom. The van der Waals surface area contributed by atoms with Crippen molar-refractivity contribution in [2.75, 3.05) is 0 Å². The van der Waals surface area contributed by atoms with Crippen LogP contribution in [0.4, 0.5) is 0 Å². The summed E-state index contributed by atoms with van der Waals surface area (Å²) < 4.78 is 33.1. The van der Waals surface area contributed by atoms with E-state index in [1.54, 1.807) is 29.6 Å². The van der Waals surface area contributed by atoms with Crippen molar-refractivity contribution in [3.63, 3.8) is 0 Å². The third-order valence-electron chi connectivity index (χ3n) is 3.92. The summed E-state index contributed by atoms with van der Waals surface area (Å²) in [6.07, 6.45) is 0. The molecule has 0 aliphatic heterocycles. The van der Waals surface area contributed by atoms with Crippen molar-refractivity contribution in [3.8, 4) is 22.8 Å². The summed E-state index contributed by atoms with van der Waals surface area (Å²) in [7, 11) is -3.63. The van der Waals surface area contributed by atoms with Crippen LogP contribution in [0, 0.1) is 0 Å². The highest BCUT2D eigenvalue weighted by atomic mass is 35.5. The second kappa shape index (κ2) is 7.84. The van der Waals surface area contributed by atoms with Crippen molar-refractivity contribution in [3.05, 3.63) is 76.6 Å².